The molecule has 1 aliphatic rings. The lowest BCUT2D eigenvalue weighted by Gasteiger charge is -2.13. The molecular weight excluding hydrogens is 268 g/mol. The van der Waals surface area contributed by atoms with E-state index in [2.05, 4.69) is 10.0 Å². The molecule has 6 nitrogen and oxygen atoms in total. The highest BCUT2D eigenvalue weighted by Crippen LogP contribution is 2.33. The van der Waals surface area contributed by atoms with Gasteiger partial charge in [-0.2, -0.15) is 0 Å². The molecule has 0 fully saturated rings. The van der Waals surface area contributed by atoms with Crippen LogP contribution in [0.1, 0.15) is 13.8 Å². The lowest BCUT2D eigenvalue weighted by molar-refractivity contribution is 0.174. The van der Waals surface area contributed by atoms with Crippen molar-refractivity contribution in [1.29, 1.82) is 0 Å². The first-order chi connectivity index (χ1) is 9.03. The predicted octanol–water partition coefficient (Wildman–Crippen LogP) is 0.692. The normalized spacial score (nSPS) is 15.5. The average Bonchev–Trinajstić information content (AvgIpc) is 2.84. The van der Waals surface area contributed by atoms with Crippen LogP contribution in [0.25, 0.3) is 0 Å². The molecule has 19 heavy (non-hydrogen) atoms. The van der Waals surface area contributed by atoms with Crippen molar-refractivity contribution in [2.45, 2.75) is 24.8 Å². The van der Waals surface area contributed by atoms with Crippen molar-refractivity contribution in [2.24, 2.45) is 0 Å². The van der Waals surface area contributed by atoms with Crippen molar-refractivity contribution >= 4 is 10.0 Å². The average molecular weight is 286 g/mol. The minimum atomic E-state index is -3.52. The van der Waals surface area contributed by atoms with Crippen LogP contribution >= 0.6 is 0 Å². The number of sulfonamides is 1. The number of fused-ring (bicyclic) bond motifs is 1. The molecule has 1 heterocycles. The maximum absolute atomic E-state index is 12.1. The van der Waals surface area contributed by atoms with Gasteiger partial charge in [0.05, 0.1) is 4.90 Å². The highest BCUT2D eigenvalue weighted by molar-refractivity contribution is 7.89. The van der Waals surface area contributed by atoms with Crippen LogP contribution in [-0.2, 0) is 10.0 Å². The van der Waals surface area contributed by atoms with Gasteiger partial charge >= 0.3 is 0 Å². The molecule has 2 rings (SSSR count). The molecule has 0 radical (unpaired) electrons. The Kier molecular flexibility index (Phi) is 4.28. The lowest BCUT2D eigenvalue weighted by Crippen LogP contribution is -2.38. The zero-order valence-electron chi connectivity index (χ0n) is 11.0. The van der Waals surface area contributed by atoms with Gasteiger partial charge in [0.1, 0.15) is 0 Å². The molecule has 0 unspecified atom stereocenters. The van der Waals surface area contributed by atoms with Crippen molar-refractivity contribution in [3.8, 4) is 11.5 Å². The van der Waals surface area contributed by atoms with E-state index in [0.29, 0.717) is 18.0 Å². The van der Waals surface area contributed by atoms with Gasteiger partial charge < -0.3 is 14.8 Å². The maximum atomic E-state index is 12.1. The Morgan fingerprint density at radius 1 is 1.32 bits per heavy atom. The van der Waals surface area contributed by atoms with Crippen LogP contribution in [0.4, 0.5) is 0 Å². The van der Waals surface area contributed by atoms with Gasteiger partial charge in [0.15, 0.2) is 11.5 Å². The first-order valence-corrected chi connectivity index (χ1v) is 7.64. The van der Waals surface area contributed by atoms with Gasteiger partial charge in [-0.25, -0.2) is 13.1 Å². The molecule has 0 saturated heterocycles. The topological polar surface area (TPSA) is 76.7 Å². The van der Waals surface area contributed by atoms with E-state index in [4.69, 9.17) is 9.47 Å². The first kappa shape index (κ1) is 14.1. The summed E-state index contributed by atoms with van der Waals surface area (Å²) >= 11 is 0. The minimum Gasteiger partial charge on any atom is -0.454 e. The molecule has 1 aliphatic heterocycles. The van der Waals surface area contributed by atoms with E-state index in [1.165, 1.54) is 12.1 Å². The Hall–Kier alpha value is -1.31. The Labute approximate surface area is 113 Å². The van der Waals surface area contributed by atoms with Gasteiger partial charge in [-0.1, -0.05) is 6.92 Å². The molecule has 0 spiro atoms. The second-order valence-electron chi connectivity index (χ2n) is 4.33. The molecule has 2 N–H and O–H groups in total. The van der Waals surface area contributed by atoms with E-state index in [1.807, 2.05) is 13.8 Å². The van der Waals surface area contributed by atoms with Crippen LogP contribution in [0, 0.1) is 0 Å². The van der Waals surface area contributed by atoms with Crippen LogP contribution in [0.5, 0.6) is 11.5 Å². The third-order valence-corrected chi connectivity index (χ3v) is 4.21. The summed E-state index contributed by atoms with van der Waals surface area (Å²) in [6, 6.07) is 4.66. The summed E-state index contributed by atoms with van der Waals surface area (Å²) < 4.78 is 37.1. The number of ether oxygens (including phenoxy) is 2. The number of rotatable bonds is 6. The second-order valence-corrected chi connectivity index (χ2v) is 6.09. The van der Waals surface area contributed by atoms with E-state index in [9.17, 15) is 8.42 Å². The van der Waals surface area contributed by atoms with Gasteiger partial charge in [-0.15, -0.1) is 0 Å². The van der Waals surface area contributed by atoms with Crippen molar-refractivity contribution in [2.75, 3.05) is 19.9 Å². The first-order valence-electron chi connectivity index (χ1n) is 6.15. The number of hydrogen-bond donors (Lipinski definition) is 2. The Morgan fingerprint density at radius 3 is 2.79 bits per heavy atom. The van der Waals surface area contributed by atoms with Crippen molar-refractivity contribution in [3.63, 3.8) is 0 Å². The Morgan fingerprint density at radius 2 is 2.05 bits per heavy atom. The van der Waals surface area contributed by atoms with Gasteiger partial charge in [0.25, 0.3) is 0 Å². The standard InChI is InChI=1S/C12H18N2O4S/c1-3-13-9(2)7-14-19(15,16)10-4-5-11-12(6-10)18-8-17-11/h4-6,9,13-14H,3,7-8H2,1-2H3/t9-/m1/s1. The van der Waals surface area contributed by atoms with Gasteiger partial charge in [-0.05, 0) is 25.6 Å². The SMILES string of the molecule is CCN[C@H](C)CNS(=O)(=O)c1ccc2c(c1)OCO2. The fourth-order valence-corrected chi connectivity index (χ4v) is 2.93. The summed E-state index contributed by atoms with van der Waals surface area (Å²) in [5, 5.41) is 3.14. The van der Waals surface area contributed by atoms with E-state index in [0.717, 1.165) is 6.54 Å². The predicted molar refractivity (Wildman–Crippen MR) is 70.9 cm³/mol. The summed E-state index contributed by atoms with van der Waals surface area (Å²) in [6.07, 6.45) is 0. The second kappa shape index (κ2) is 5.77. The van der Waals surface area contributed by atoms with Crippen LogP contribution in [0.15, 0.2) is 23.1 Å². The van der Waals surface area contributed by atoms with Crippen molar-refractivity contribution in [3.05, 3.63) is 18.2 Å². The quantitative estimate of drug-likeness (QED) is 0.804. The largest absolute Gasteiger partial charge is 0.454 e. The molecule has 0 saturated carbocycles. The van der Waals surface area contributed by atoms with E-state index >= 15 is 0 Å². The van der Waals surface area contributed by atoms with Crippen LogP contribution in [-0.4, -0.2) is 34.3 Å². The molecule has 1 aromatic rings. The molecule has 0 aliphatic carbocycles. The van der Waals surface area contributed by atoms with Gasteiger partial charge in [0.2, 0.25) is 16.8 Å². The molecule has 1 atom stereocenters. The lowest BCUT2D eigenvalue weighted by atomic mass is 10.3. The smallest absolute Gasteiger partial charge is 0.240 e. The monoisotopic (exact) mass is 286 g/mol. The summed E-state index contributed by atoms with van der Waals surface area (Å²) in [6.45, 7) is 5.16. The molecular formula is C12H18N2O4S. The highest BCUT2D eigenvalue weighted by Gasteiger charge is 2.20. The van der Waals surface area contributed by atoms with Crippen LogP contribution in [0.3, 0.4) is 0 Å². The summed E-state index contributed by atoms with van der Waals surface area (Å²) in [5.41, 5.74) is 0. The van der Waals surface area contributed by atoms with Crippen LogP contribution in [0.2, 0.25) is 0 Å². The number of benzene rings is 1. The van der Waals surface area contributed by atoms with Gasteiger partial charge in [-0.3, -0.25) is 0 Å². The minimum absolute atomic E-state index is 0.0776. The fourth-order valence-electron chi connectivity index (χ4n) is 1.78. The molecule has 0 bridgehead atoms. The molecule has 0 aromatic heterocycles. The Bertz CT molecular complexity index is 545. The number of hydrogen-bond acceptors (Lipinski definition) is 5. The van der Waals surface area contributed by atoms with Gasteiger partial charge in [0, 0.05) is 18.7 Å². The number of likely N-dealkylation sites (N-methyl/N-ethyl adjacent to an activating group) is 1. The number of nitrogens with one attached hydrogen (secondary N) is 2. The van der Waals surface area contributed by atoms with Crippen molar-refractivity contribution in [1.82, 2.24) is 10.0 Å². The molecule has 106 valence electrons. The van der Waals surface area contributed by atoms with E-state index in [-0.39, 0.29) is 17.7 Å². The third kappa shape index (κ3) is 3.37. The Balaban J connectivity index is 2.07. The zero-order chi connectivity index (χ0) is 13.9. The van der Waals surface area contributed by atoms with Crippen LogP contribution < -0.4 is 19.5 Å². The van der Waals surface area contributed by atoms with Crippen molar-refractivity contribution < 1.29 is 17.9 Å². The summed E-state index contributed by atoms with van der Waals surface area (Å²) in [4.78, 5) is 0.181. The van der Waals surface area contributed by atoms with E-state index in [1.54, 1.807) is 6.07 Å². The highest BCUT2D eigenvalue weighted by atomic mass is 32.2. The zero-order valence-corrected chi connectivity index (χ0v) is 11.8. The fraction of sp³-hybridized carbons (Fsp3) is 0.500. The summed E-state index contributed by atoms with van der Waals surface area (Å²) in [5.74, 6) is 1.03. The molecule has 7 heteroatoms. The summed E-state index contributed by atoms with van der Waals surface area (Å²) in [7, 11) is -3.52. The third-order valence-electron chi connectivity index (χ3n) is 2.79. The molecule has 1 aromatic carbocycles. The molecule has 0 amide bonds. The maximum Gasteiger partial charge on any atom is 0.240 e. The van der Waals surface area contributed by atoms with E-state index < -0.39 is 10.0 Å².